The van der Waals surface area contributed by atoms with Crippen molar-refractivity contribution in [2.24, 2.45) is 0 Å². The van der Waals surface area contributed by atoms with Crippen molar-refractivity contribution >= 4 is 15.9 Å². The van der Waals surface area contributed by atoms with Crippen molar-refractivity contribution in [1.29, 1.82) is 0 Å². The molecule has 0 aliphatic heterocycles. The Bertz CT molecular complexity index is 880. The molecule has 152 valence electrons. The molecule has 28 heavy (non-hydrogen) atoms. The monoisotopic (exact) mass is 406 g/mol. The van der Waals surface area contributed by atoms with Gasteiger partial charge >= 0.3 is 0 Å². The summed E-state index contributed by atoms with van der Waals surface area (Å²) in [6.07, 6.45) is 0. The Hall–Kier alpha value is -2.58. The SMILES string of the molecule is CCN(CC(=O)N[C@@H](C)c1ccc(OC)cc1)S(=O)(=O)c1ccc(OC)cc1. The van der Waals surface area contributed by atoms with Gasteiger partial charge in [-0.1, -0.05) is 19.1 Å². The van der Waals surface area contributed by atoms with Crippen molar-refractivity contribution in [1.82, 2.24) is 9.62 Å². The standard InChI is InChI=1S/C20H26N2O5S/c1-5-22(28(24,25)19-12-10-18(27-4)11-13-19)14-20(23)21-15(2)16-6-8-17(26-3)9-7-16/h6-13,15H,5,14H2,1-4H3,(H,21,23)/t15-/m0/s1. The molecule has 1 amide bonds. The number of methoxy groups -OCH3 is 2. The lowest BCUT2D eigenvalue weighted by atomic mass is 10.1. The van der Waals surface area contributed by atoms with Crippen molar-refractivity contribution in [3.63, 3.8) is 0 Å². The van der Waals surface area contributed by atoms with E-state index in [0.29, 0.717) is 5.75 Å². The largest absolute Gasteiger partial charge is 0.497 e. The van der Waals surface area contributed by atoms with Crippen LogP contribution in [-0.2, 0) is 14.8 Å². The lowest BCUT2D eigenvalue weighted by Crippen LogP contribution is -2.41. The van der Waals surface area contributed by atoms with E-state index in [1.54, 1.807) is 26.2 Å². The molecule has 1 N–H and O–H groups in total. The smallest absolute Gasteiger partial charge is 0.243 e. The Balaban J connectivity index is 2.06. The minimum absolute atomic E-state index is 0.117. The molecule has 1 atom stereocenters. The Morgan fingerprint density at radius 3 is 1.96 bits per heavy atom. The molecule has 0 heterocycles. The van der Waals surface area contributed by atoms with Gasteiger partial charge in [-0.15, -0.1) is 0 Å². The third-order valence-corrected chi connectivity index (χ3v) is 6.30. The number of amides is 1. The van der Waals surface area contributed by atoms with E-state index in [-0.39, 0.29) is 29.9 Å². The van der Waals surface area contributed by atoms with Crippen LogP contribution in [0.3, 0.4) is 0 Å². The number of likely N-dealkylation sites (N-methyl/N-ethyl adjacent to an activating group) is 1. The van der Waals surface area contributed by atoms with Gasteiger partial charge in [0.1, 0.15) is 11.5 Å². The summed E-state index contributed by atoms with van der Waals surface area (Å²) in [4.78, 5) is 12.6. The van der Waals surface area contributed by atoms with E-state index in [2.05, 4.69) is 5.32 Å². The van der Waals surface area contributed by atoms with Crippen molar-refractivity contribution in [3.8, 4) is 11.5 Å². The number of benzene rings is 2. The van der Waals surface area contributed by atoms with Crippen LogP contribution in [0, 0.1) is 0 Å². The number of carbonyl (C=O) groups is 1. The van der Waals surface area contributed by atoms with Crippen LogP contribution in [0.15, 0.2) is 53.4 Å². The molecule has 0 bridgehead atoms. The zero-order valence-corrected chi connectivity index (χ0v) is 17.3. The summed E-state index contributed by atoms with van der Waals surface area (Å²) in [6, 6.07) is 13.2. The predicted octanol–water partition coefficient (Wildman–Crippen LogP) is 2.59. The summed E-state index contributed by atoms with van der Waals surface area (Å²) in [5.74, 6) is 0.917. The number of hydrogen-bond acceptors (Lipinski definition) is 5. The van der Waals surface area contributed by atoms with Gasteiger partial charge in [0.2, 0.25) is 15.9 Å². The molecule has 0 fully saturated rings. The first-order valence-corrected chi connectivity index (χ1v) is 10.3. The van der Waals surface area contributed by atoms with Crippen LogP contribution in [0.4, 0.5) is 0 Å². The molecule has 0 spiro atoms. The van der Waals surface area contributed by atoms with E-state index in [1.807, 2.05) is 31.2 Å². The zero-order chi connectivity index (χ0) is 20.7. The Kier molecular flexibility index (Phi) is 7.42. The minimum atomic E-state index is -3.78. The van der Waals surface area contributed by atoms with E-state index in [1.165, 1.54) is 19.2 Å². The van der Waals surface area contributed by atoms with Crippen molar-refractivity contribution in [2.45, 2.75) is 24.8 Å². The number of nitrogens with zero attached hydrogens (tertiary/aromatic N) is 1. The summed E-state index contributed by atoms with van der Waals surface area (Å²) in [6.45, 7) is 3.46. The fourth-order valence-electron chi connectivity index (χ4n) is 2.69. The zero-order valence-electron chi connectivity index (χ0n) is 16.5. The first-order valence-electron chi connectivity index (χ1n) is 8.89. The second-order valence-corrected chi connectivity index (χ2v) is 8.11. The van der Waals surface area contributed by atoms with E-state index in [0.717, 1.165) is 15.6 Å². The Morgan fingerprint density at radius 2 is 1.50 bits per heavy atom. The molecular weight excluding hydrogens is 380 g/mol. The average molecular weight is 407 g/mol. The van der Waals surface area contributed by atoms with Crippen LogP contribution in [-0.4, -0.2) is 45.9 Å². The van der Waals surface area contributed by atoms with Crippen molar-refractivity contribution in [2.75, 3.05) is 27.3 Å². The fraction of sp³-hybridized carbons (Fsp3) is 0.350. The maximum atomic E-state index is 12.8. The van der Waals surface area contributed by atoms with Gasteiger partial charge in [-0.2, -0.15) is 4.31 Å². The van der Waals surface area contributed by atoms with Gasteiger partial charge in [0.15, 0.2) is 0 Å². The molecule has 0 aliphatic rings. The van der Waals surface area contributed by atoms with E-state index >= 15 is 0 Å². The highest BCUT2D eigenvalue weighted by Crippen LogP contribution is 2.20. The molecule has 0 unspecified atom stereocenters. The molecule has 2 aromatic rings. The van der Waals surface area contributed by atoms with Crippen molar-refractivity contribution in [3.05, 3.63) is 54.1 Å². The van der Waals surface area contributed by atoms with Crippen LogP contribution in [0.1, 0.15) is 25.5 Å². The van der Waals surface area contributed by atoms with E-state index in [9.17, 15) is 13.2 Å². The van der Waals surface area contributed by atoms with Crippen LogP contribution in [0.5, 0.6) is 11.5 Å². The normalized spacial score (nSPS) is 12.5. The molecule has 0 aromatic heterocycles. The number of rotatable bonds is 9. The molecule has 0 radical (unpaired) electrons. The molecular formula is C20H26N2O5S. The van der Waals surface area contributed by atoms with Crippen LogP contribution in [0.2, 0.25) is 0 Å². The van der Waals surface area contributed by atoms with E-state index < -0.39 is 10.0 Å². The second-order valence-electron chi connectivity index (χ2n) is 6.17. The summed E-state index contributed by atoms with van der Waals surface area (Å²) in [5.41, 5.74) is 0.898. The number of sulfonamides is 1. The molecule has 2 rings (SSSR count). The summed E-state index contributed by atoms with van der Waals surface area (Å²) < 4.78 is 37.0. The molecule has 8 heteroatoms. The van der Waals surface area contributed by atoms with Gasteiger partial charge in [-0.05, 0) is 48.9 Å². The third-order valence-electron chi connectivity index (χ3n) is 4.36. The maximum Gasteiger partial charge on any atom is 0.243 e. The number of hydrogen-bond donors (Lipinski definition) is 1. The second kappa shape index (κ2) is 9.57. The van der Waals surface area contributed by atoms with Gasteiger partial charge < -0.3 is 14.8 Å². The molecule has 0 saturated heterocycles. The number of nitrogens with one attached hydrogen (secondary N) is 1. The van der Waals surface area contributed by atoms with Crippen molar-refractivity contribution < 1.29 is 22.7 Å². The summed E-state index contributed by atoms with van der Waals surface area (Å²) in [7, 11) is -0.684. The predicted molar refractivity (Wildman–Crippen MR) is 107 cm³/mol. The van der Waals surface area contributed by atoms with Gasteiger partial charge in [-0.3, -0.25) is 4.79 Å². The highest BCUT2D eigenvalue weighted by molar-refractivity contribution is 7.89. The topological polar surface area (TPSA) is 84.9 Å². The lowest BCUT2D eigenvalue weighted by Gasteiger charge is -2.22. The fourth-order valence-corrected chi connectivity index (χ4v) is 4.09. The van der Waals surface area contributed by atoms with Gasteiger partial charge in [0.25, 0.3) is 0 Å². The van der Waals surface area contributed by atoms with Crippen LogP contribution >= 0.6 is 0 Å². The number of ether oxygens (including phenoxy) is 2. The van der Waals surface area contributed by atoms with Gasteiger partial charge in [0.05, 0.1) is 31.7 Å². The van der Waals surface area contributed by atoms with Gasteiger partial charge in [0, 0.05) is 6.54 Å². The molecule has 7 nitrogen and oxygen atoms in total. The lowest BCUT2D eigenvalue weighted by molar-refractivity contribution is -0.121. The Labute approximate surface area is 166 Å². The first-order chi connectivity index (χ1) is 13.3. The maximum absolute atomic E-state index is 12.8. The minimum Gasteiger partial charge on any atom is -0.497 e. The highest BCUT2D eigenvalue weighted by atomic mass is 32.2. The molecule has 0 aliphatic carbocycles. The van der Waals surface area contributed by atoms with Crippen LogP contribution in [0.25, 0.3) is 0 Å². The Morgan fingerprint density at radius 1 is 1.00 bits per heavy atom. The highest BCUT2D eigenvalue weighted by Gasteiger charge is 2.25. The number of carbonyl (C=O) groups excluding carboxylic acids is 1. The summed E-state index contributed by atoms with van der Waals surface area (Å²) >= 11 is 0. The van der Waals surface area contributed by atoms with Gasteiger partial charge in [-0.25, -0.2) is 8.42 Å². The summed E-state index contributed by atoms with van der Waals surface area (Å²) in [5, 5.41) is 2.83. The van der Waals surface area contributed by atoms with Crippen LogP contribution < -0.4 is 14.8 Å². The molecule has 0 saturated carbocycles. The quantitative estimate of drug-likeness (QED) is 0.692. The van der Waals surface area contributed by atoms with E-state index in [4.69, 9.17) is 9.47 Å². The molecule has 2 aromatic carbocycles. The first kappa shape index (κ1) is 21.7. The third kappa shape index (κ3) is 5.24. The average Bonchev–Trinajstić information content (AvgIpc) is 2.71.